The van der Waals surface area contributed by atoms with Crippen LogP contribution in [0.4, 0.5) is 13.2 Å². The van der Waals surface area contributed by atoms with Crippen molar-refractivity contribution in [3.63, 3.8) is 0 Å². The van der Waals surface area contributed by atoms with Gasteiger partial charge in [-0.3, -0.25) is 14.4 Å². The van der Waals surface area contributed by atoms with E-state index in [0.29, 0.717) is 30.6 Å². The molecule has 1 saturated heterocycles. The van der Waals surface area contributed by atoms with Gasteiger partial charge in [0, 0.05) is 38.2 Å². The van der Waals surface area contributed by atoms with Crippen LogP contribution in [0.15, 0.2) is 10.9 Å². The maximum Gasteiger partial charge on any atom is 0.394 e. The van der Waals surface area contributed by atoms with Gasteiger partial charge in [0.2, 0.25) is 5.91 Å². The Morgan fingerprint density at radius 3 is 2.52 bits per heavy atom. The average Bonchev–Trinajstić information content (AvgIpc) is 2.59. The molecule has 11 heteroatoms. The molecule has 1 fully saturated rings. The summed E-state index contributed by atoms with van der Waals surface area (Å²) in [5.74, 6) is -2.78. The third kappa shape index (κ3) is 7.05. The van der Waals surface area contributed by atoms with Crippen molar-refractivity contribution in [1.29, 1.82) is 0 Å². The standard InChI is InChI=1S/C20H29F3N4O4/c1-12(2)8-16(18(30)24-6-4-17(28)29)27-19(31)13(3)9-15(25-27)5-7-26-10-14(11-26)20(21,22)23/h9,12,14,16H,4-8,10-11H2,1-3H3,(H,24,30)(H,28,29)/t16-/m0/s1. The van der Waals surface area contributed by atoms with E-state index in [9.17, 15) is 27.6 Å². The van der Waals surface area contributed by atoms with Gasteiger partial charge < -0.3 is 15.3 Å². The summed E-state index contributed by atoms with van der Waals surface area (Å²) in [7, 11) is 0. The number of carbonyl (C=O) groups excluding carboxylic acids is 1. The molecule has 2 rings (SSSR count). The summed E-state index contributed by atoms with van der Waals surface area (Å²) in [6.07, 6.45) is -3.75. The lowest BCUT2D eigenvalue weighted by Crippen LogP contribution is -2.53. The van der Waals surface area contributed by atoms with Crippen LogP contribution in [0.1, 0.15) is 44.0 Å². The predicted octanol–water partition coefficient (Wildman–Crippen LogP) is 1.77. The van der Waals surface area contributed by atoms with Crippen LogP contribution in [0.5, 0.6) is 0 Å². The second-order valence-electron chi connectivity index (χ2n) is 8.40. The van der Waals surface area contributed by atoms with E-state index in [1.54, 1.807) is 17.9 Å². The lowest BCUT2D eigenvalue weighted by Gasteiger charge is -2.40. The largest absolute Gasteiger partial charge is 0.481 e. The number of carboxylic acids is 1. The van der Waals surface area contributed by atoms with E-state index >= 15 is 0 Å². The molecule has 174 valence electrons. The van der Waals surface area contributed by atoms with Crippen molar-refractivity contribution in [1.82, 2.24) is 20.0 Å². The summed E-state index contributed by atoms with van der Waals surface area (Å²) in [5.41, 5.74) is 0.470. The minimum Gasteiger partial charge on any atom is -0.481 e. The molecule has 0 saturated carbocycles. The summed E-state index contributed by atoms with van der Waals surface area (Å²) < 4.78 is 39.0. The first-order valence-corrected chi connectivity index (χ1v) is 10.3. The van der Waals surface area contributed by atoms with Gasteiger partial charge in [0.1, 0.15) is 6.04 Å². The summed E-state index contributed by atoms with van der Waals surface area (Å²) in [6.45, 7) is 5.58. The van der Waals surface area contributed by atoms with Crippen molar-refractivity contribution in [3.8, 4) is 0 Å². The molecule has 0 radical (unpaired) electrons. The Balaban J connectivity index is 2.13. The highest BCUT2D eigenvalue weighted by Gasteiger charge is 2.46. The van der Waals surface area contributed by atoms with E-state index < -0.39 is 35.6 Å². The predicted molar refractivity (Wildman–Crippen MR) is 107 cm³/mol. The van der Waals surface area contributed by atoms with Crippen molar-refractivity contribution >= 4 is 11.9 Å². The number of carbonyl (C=O) groups is 2. The molecule has 2 N–H and O–H groups in total. The number of alkyl halides is 3. The number of nitrogens with zero attached hydrogens (tertiary/aromatic N) is 3. The molecule has 1 aliphatic heterocycles. The highest BCUT2D eigenvalue weighted by atomic mass is 19.4. The molecule has 0 aromatic carbocycles. The van der Waals surface area contributed by atoms with Crippen LogP contribution < -0.4 is 10.9 Å². The molecule has 2 heterocycles. The fourth-order valence-corrected chi connectivity index (χ4v) is 3.45. The van der Waals surface area contributed by atoms with Crippen molar-refractivity contribution in [2.75, 3.05) is 26.2 Å². The first-order valence-electron chi connectivity index (χ1n) is 10.3. The third-order valence-corrected chi connectivity index (χ3v) is 5.20. The Labute approximate surface area is 178 Å². The third-order valence-electron chi connectivity index (χ3n) is 5.20. The zero-order valence-corrected chi connectivity index (χ0v) is 17.9. The van der Waals surface area contributed by atoms with E-state index in [2.05, 4.69) is 10.4 Å². The van der Waals surface area contributed by atoms with Crippen LogP contribution in [0, 0.1) is 18.8 Å². The lowest BCUT2D eigenvalue weighted by atomic mass is 9.99. The van der Waals surface area contributed by atoms with E-state index in [1.807, 2.05) is 13.8 Å². The van der Waals surface area contributed by atoms with Crippen LogP contribution in [0.2, 0.25) is 0 Å². The van der Waals surface area contributed by atoms with Crippen LogP contribution in [-0.2, 0) is 16.0 Å². The molecular formula is C20H29F3N4O4. The molecule has 1 aliphatic rings. The molecule has 8 nitrogen and oxygen atoms in total. The summed E-state index contributed by atoms with van der Waals surface area (Å²) >= 11 is 0. The Hall–Kier alpha value is -2.43. The fraction of sp³-hybridized carbons (Fsp3) is 0.700. The maximum absolute atomic E-state index is 12.7. The summed E-state index contributed by atoms with van der Waals surface area (Å²) in [6, 6.07) is 0.688. The zero-order valence-electron chi connectivity index (χ0n) is 17.9. The van der Waals surface area contributed by atoms with Crippen LogP contribution in [0.3, 0.4) is 0 Å². The highest BCUT2D eigenvalue weighted by Crippen LogP contribution is 2.33. The van der Waals surface area contributed by atoms with Crippen molar-refractivity contribution < 1.29 is 27.9 Å². The van der Waals surface area contributed by atoms with Crippen molar-refractivity contribution in [3.05, 3.63) is 27.7 Å². The van der Waals surface area contributed by atoms with E-state index in [-0.39, 0.29) is 32.0 Å². The molecule has 0 bridgehead atoms. The summed E-state index contributed by atoms with van der Waals surface area (Å²) in [5, 5.41) is 15.6. The monoisotopic (exact) mass is 446 g/mol. The normalized spacial score (nSPS) is 16.2. The minimum absolute atomic E-state index is 0.0515. The topological polar surface area (TPSA) is 105 Å². The number of hydrogen-bond acceptors (Lipinski definition) is 5. The number of aryl methyl sites for hydroxylation is 1. The minimum atomic E-state index is -4.18. The molecule has 31 heavy (non-hydrogen) atoms. The molecule has 0 unspecified atom stereocenters. The van der Waals surface area contributed by atoms with Gasteiger partial charge in [-0.2, -0.15) is 18.3 Å². The second kappa shape index (κ2) is 10.3. The number of carboxylic acid groups (broad SMARTS) is 1. The molecule has 0 aliphatic carbocycles. The first kappa shape index (κ1) is 24.8. The first-order chi connectivity index (χ1) is 14.4. The average molecular weight is 446 g/mol. The lowest BCUT2D eigenvalue weighted by molar-refractivity contribution is -0.208. The van der Waals surface area contributed by atoms with Crippen LogP contribution >= 0.6 is 0 Å². The maximum atomic E-state index is 12.7. The van der Waals surface area contributed by atoms with Crippen molar-refractivity contribution in [2.45, 2.75) is 52.3 Å². The van der Waals surface area contributed by atoms with Crippen molar-refractivity contribution in [2.24, 2.45) is 11.8 Å². The molecule has 1 aromatic rings. The number of aliphatic carboxylic acids is 1. The zero-order chi connectivity index (χ0) is 23.3. The number of aromatic nitrogens is 2. The van der Waals surface area contributed by atoms with E-state index in [1.165, 1.54) is 0 Å². The molecule has 0 spiro atoms. The van der Waals surface area contributed by atoms with Gasteiger partial charge in [0.25, 0.3) is 5.56 Å². The fourth-order valence-electron chi connectivity index (χ4n) is 3.45. The highest BCUT2D eigenvalue weighted by molar-refractivity contribution is 5.80. The number of likely N-dealkylation sites (tertiary alicyclic amines) is 1. The van der Waals surface area contributed by atoms with E-state index in [0.717, 1.165) is 4.68 Å². The summed E-state index contributed by atoms with van der Waals surface area (Å²) in [4.78, 5) is 37.7. The number of halogens is 3. The van der Waals surface area contributed by atoms with Crippen LogP contribution in [-0.4, -0.2) is 64.0 Å². The molecule has 1 amide bonds. The smallest absolute Gasteiger partial charge is 0.394 e. The Morgan fingerprint density at radius 1 is 1.32 bits per heavy atom. The van der Waals surface area contributed by atoms with Gasteiger partial charge in [-0.15, -0.1) is 0 Å². The number of hydrogen-bond donors (Lipinski definition) is 2. The second-order valence-corrected chi connectivity index (χ2v) is 8.40. The molecule has 1 aromatic heterocycles. The quantitative estimate of drug-likeness (QED) is 0.568. The van der Waals surface area contributed by atoms with Gasteiger partial charge in [0.05, 0.1) is 18.0 Å². The van der Waals surface area contributed by atoms with Gasteiger partial charge in [-0.25, -0.2) is 4.68 Å². The Bertz CT molecular complexity index is 848. The van der Waals surface area contributed by atoms with Gasteiger partial charge in [-0.1, -0.05) is 13.8 Å². The number of amides is 1. The van der Waals surface area contributed by atoms with Gasteiger partial charge in [-0.05, 0) is 25.3 Å². The van der Waals surface area contributed by atoms with Gasteiger partial charge in [0.15, 0.2) is 0 Å². The molecular weight excluding hydrogens is 417 g/mol. The Kier molecular flexibility index (Phi) is 8.21. The van der Waals surface area contributed by atoms with Crippen LogP contribution in [0.25, 0.3) is 0 Å². The number of nitrogens with one attached hydrogen (secondary N) is 1. The van der Waals surface area contributed by atoms with Gasteiger partial charge >= 0.3 is 12.1 Å². The SMILES string of the molecule is Cc1cc(CCN2CC(C(F)(F)F)C2)nn([C@@H](CC(C)C)C(=O)NCCC(=O)O)c1=O. The Morgan fingerprint density at radius 2 is 1.97 bits per heavy atom. The molecule has 1 atom stereocenters. The van der Waals surface area contributed by atoms with E-state index in [4.69, 9.17) is 5.11 Å². The number of rotatable bonds is 10.